The van der Waals surface area contributed by atoms with Crippen molar-refractivity contribution in [1.82, 2.24) is 14.9 Å². The number of aryl methyl sites for hydroxylation is 1. The molecule has 3 fully saturated rings. The van der Waals surface area contributed by atoms with Crippen molar-refractivity contribution in [2.24, 2.45) is 17.8 Å². The second-order valence-corrected chi connectivity index (χ2v) is 12.2. The molecule has 6 heteroatoms. The highest BCUT2D eigenvalue weighted by Crippen LogP contribution is 2.62. The Morgan fingerprint density at radius 1 is 1.11 bits per heavy atom. The minimum absolute atomic E-state index is 0.0631. The summed E-state index contributed by atoms with van der Waals surface area (Å²) in [6.07, 6.45) is 6.95. The molecular weight excluding hydrogens is 474 g/mol. The number of aromatic amines is 1. The molecule has 0 unspecified atom stereocenters. The van der Waals surface area contributed by atoms with Crippen molar-refractivity contribution in [3.63, 3.8) is 0 Å². The molecule has 0 saturated heterocycles. The molecule has 0 amide bonds. The molecule has 7 rings (SSSR count). The van der Waals surface area contributed by atoms with Gasteiger partial charge in [-0.2, -0.15) is 0 Å². The third kappa shape index (κ3) is 4.56. The molecule has 1 N–H and O–H groups in total. The van der Waals surface area contributed by atoms with E-state index in [1.54, 1.807) is 0 Å². The van der Waals surface area contributed by atoms with Crippen molar-refractivity contribution in [2.75, 3.05) is 20.1 Å². The van der Waals surface area contributed by atoms with E-state index in [0.717, 1.165) is 74.9 Å². The maximum atomic E-state index is 13.0. The van der Waals surface area contributed by atoms with Crippen LogP contribution in [0, 0.1) is 17.8 Å². The van der Waals surface area contributed by atoms with E-state index in [4.69, 9.17) is 14.5 Å². The summed E-state index contributed by atoms with van der Waals surface area (Å²) in [4.78, 5) is 23.5. The smallest absolute Gasteiger partial charge is 0.308 e. The summed E-state index contributed by atoms with van der Waals surface area (Å²) in [6, 6.07) is 16.9. The molecule has 1 aliphatic heterocycles. The Balaban J connectivity index is 1.12. The average Bonchev–Trinajstić information content (AvgIpc) is 3.50. The van der Waals surface area contributed by atoms with Gasteiger partial charge in [-0.05, 0) is 74.9 Å². The number of benzene rings is 2. The standard InChI is InChI=1S/C32H41N3O3/c1-22(2)30(36)38-31(16-18-35(3)17-8-13-29-33-27-11-6-7-12-28(27)34-29)19-25-15-14-24(31)20-32(25)26-10-5-4-9-23(26)21-37-32/h4-7,9-12,22,24-25H,8,13-21H2,1-3H3,(H,33,34)/t24-,25-,31+,32-/m0/s1. The molecule has 3 aliphatic carbocycles. The summed E-state index contributed by atoms with van der Waals surface area (Å²) in [5.74, 6) is 1.58. The molecule has 2 aromatic carbocycles. The first-order valence-electron chi connectivity index (χ1n) is 14.5. The quantitative estimate of drug-likeness (QED) is 0.354. The van der Waals surface area contributed by atoms with Gasteiger partial charge in [0.1, 0.15) is 11.4 Å². The fraction of sp³-hybridized carbons (Fsp3) is 0.562. The van der Waals surface area contributed by atoms with Crippen molar-refractivity contribution < 1.29 is 14.3 Å². The summed E-state index contributed by atoms with van der Waals surface area (Å²) in [5.41, 5.74) is 4.23. The molecule has 2 bridgehead atoms. The van der Waals surface area contributed by atoms with Crippen LogP contribution in [0.2, 0.25) is 0 Å². The van der Waals surface area contributed by atoms with E-state index in [-0.39, 0.29) is 17.5 Å². The maximum absolute atomic E-state index is 13.0. The summed E-state index contributed by atoms with van der Waals surface area (Å²) in [7, 11) is 2.19. The van der Waals surface area contributed by atoms with Gasteiger partial charge in [-0.25, -0.2) is 4.98 Å². The number of imidazole rings is 1. The van der Waals surface area contributed by atoms with Crippen molar-refractivity contribution in [3.05, 3.63) is 65.5 Å². The highest BCUT2D eigenvalue weighted by molar-refractivity contribution is 5.74. The van der Waals surface area contributed by atoms with Gasteiger partial charge in [-0.15, -0.1) is 0 Å². The maximum Gasteiger partial charge on any atom is 0.308 e. The minimum atomic E-state index is -0.399. The van der Waals surface area contributed by atoms with Crippen LogP contribution in [0.1, 0.15) is 69.3 Å². The summed E-state index contributed by atoms with van der Waals surface area (Å²) in [5, 5.41) is 0. The van der Waals surface area contributed by atoms with E-state index in [1.165, 1.54) is 11.1 Å². The van der Waals surface area contributed by atoms with Gasteiger partial charge in [0.15, 0.2) is 0 Å². The van der Waals surface area contributed by atoms with E-state index < -0.39 is 5.60 Å². The molecule has 1 aromatic heterocycles. The summed E-state index contributed by atoms with van der Waals surface area (Å²) >= 11 is 0. The number of rotatable bonds is 9. The highest BCUT2D eigenvalue weighted by Gasteiger charge is 2.62. The van der Waals surface area contributed by atoms with Gasteiger partial charge in [-0.3, -0.25) is 4.79 Å². The summed E-state index contributed by atoms with van der Waals surface area (Å²) in [6.45, 7) is 6.49. The minimum Gasteiger partial charge on any atom is -0.459 e. The van der Waals surface area contributed by atoms with E-state index in [0.29, 0.717) is 18.4 Å². The number of nitrogens with one attached hydrogen (secondary N) is 1. The van der Waals surface area contributed by atoms with E-state index in [2.05, 4.69) is 53.3 Å². The normalized spacial score (nSPS) is 28.0. The number of carbonyl (C=O) groups excluding carboxylic acids is 1. The van der Waals surface area contributed by atoms with Crippen molar-refractivity contribution in [3.8, 4) is 0 Å². The Kier molecular flexibility index (Phi) is 6.81. The van der Waals surface area contributed by atoms with Crippen LogP contribution >= 0.6 is 0 Å². The van der Waals surface area contributed by atoms with Gasteiger partial charge in [0.25, 0.3) is 0 Å². The van der Waals surface area contributed by atoms with Crippen molar-refractivity contribution in [2.45, 2.75) is 76.6 Å². The number of ether oxygens (including phenoxy) is 2. The molecule has 1 spiro atoms. The zero-order valence-corrected chi connectivity index (χ0v) is 23.0. The van der Waals surface area contributed by atoms with Crippen LogP contribution in [-0.2, 0) is 32.9 Å². The molecule has 6 nitrogen and oxygen atoms in total. The summed E-state index contributed by atoms with van der Waals surface area (Å²) < 4.78 is 13.1. The van der Waals surface area contributed by atoms with Gasteiger partial charge in [0.05, 0.1) is 29.2 Å². The predicted octanol–water partition coefficient (Wildman–Crippen LogP) is 6.00. The first-order valence-corrected chi connectivity index (χ1v) is 14.5. The SMILES string of the molecule is CC(C)C(=O)O[C@]1(CCN(C)CCCc2nc3ccccc3[nH]2)C[C@@H]2CC[C@H]1C[C@]21OCc2ccccc21. The van der Waals surface area contributed by atoms with Crippen LogP contribution in [0.5, 0.6) is 0 Å². The zero-order chi connectivity index (χ0) is 26.3. The Bertz CT molecular complexity index is 1270. The molecule has 2 heterocycles. The number of para-hydroxylation sites is 2. The monoisotopic (exact) mass is 515 g/mol. The Hall–Kier alpha value is -2.70. The molecule has 3 saturated carbocycles. The number of fused-ring (bicyclic) bond motifs is 4. The molecule has 4 atom stereocenters. The van der Waals surface area contributed by atoms with Crippen molar-refractivity contribution in [1.29, 1.82) is 0 Å². The zero-order valence-electron chi connectivity index (χ0n) is 23.0. The lowest BCUT2D eigenvalue weighted by Gasteiger charge is -2.58. The number of H-pyrrole nitrogens is 1. The van der Waals surface area contributed by atoms with Crippen molar-refractivity contribution >= 4 is 17.0 Å². The average molecular weight is 516 g/mol. The Labute approximate surface area is 226 Å². The lowest BCUT2D eigenvalue weighted by atomic mass is 9.53. The number of nitrogens with zero attached hydrogens (tertiary/aromatic N) is 2. The Morgan fingerprint density at radius 3 is 2.68 bits per heavy atom. The van der Waals surface area contributed by atoms with Gasteiger partial charge in [0, 0.05) is 25.3 Å². The van der Waals surface area contributed by atoms with E-state index in [1.807, 2.05) is 26.0 Å². The predicted molar refractivity (Wildman–Crippen MR) is 149 cm³/mol. The van der Waals surface area contributed by atoms with Crippen LogP contribution < -0.4 is 0 Å². The van der Waals surface area contributed by atoms with Crippen LogP contribution in [0.4, 0.5) is 0 Å². The lowest BCUT2D eigenvalue weighted by molar-refractivity contribution is -0.229. The van der Waals surface area contributed by atoms with Crippen LogP contribution in [0.3, 0.4) is 0 Å². The van der Waals surface area contributed by atoms with E-state index in [9.17, 15) is 4.79 Å². The number of hydrogen-bond donors (Lipinski definition) is 1. The fourth-order valence-electron chi connectivity index (χ4n) is 7.35. The third-order valence-corrected chi connectivity index (χ3v) is 9.45. The number of hydrogen-bond acceptors (Lipinski definition) is 5. The van der Waals surface area contributed by atoms with Crippen LogP contribution in [0.15, 0.2) is 48.5 Å². The lowest BCUT2D eigenvalue weighted by Crippen LogP contribution is -2.59. The third-order valence-electron chi connectivity index (χ3n) is 9.45. The fourth-order valence-corrected chi connectivity index (χ4v) is 7.35. The number of esters is 1. The van der Waals surface area contributed by atoms with Gasteiger partial charge in [-0.1, -0.05) is 50.2 Å². The molecule has 0 radical (unpaired) electrons. The largest absolute Gasteiger partial charge is 0.459 e. The van der Waals surface area contributed by atoms with Crippen LogP contribution in [-0.4, -0.2) is 46.6 Å². The molecule has 4 aliphatic rings. The first kappa shape index (κ1) is 25.6. The first-order chi connectivity index (χ1) is 18.4. The molecule has 3 aromatic rings. The Morgan fingerprint density at radius 2 is 1.89 bits per heavy atom. The second kappa shape index (κ2) is 10.1. The van der Waals surface area contributed by atoms with Gasteiger partial charge < -0.3 is 19.4 Å². The second-order valence-electron chi connectivity index (χ2n) is 12.2. The number of aromatic nitrogens is 2. The number of carbonyl (C=O) groups is 1. The topological polar surface area (TPSA) is 67.5 Å². The molecule has 38 heavy (non-hydrogen) atoms. The van der Waals surface area contributed by atoms with Gasteiger partial charge in [0.2, 0.25) is 0 Å². The van der Waals surface area contributed by atoms with E-state index >= 15 is 0 Å². The van der Waals surface area contributed by atoms with Crippen LogP contribution in [0.25, 0.3) is 11.0 Å². The molecular formula is C32H41N3O3. The van der Waals surface area contributed by atoms with Gasteiger partial charge >= 0.3 is 5.97 Å². The molecule has 202 valence electrons. The highest BCUT2D eigenvalue weighted by atomic mass is 16.6.